The molecule has 5 atom stereocenters. The number of halogens is 1. The van der Waals surface area contributed by atoms with Gasteiger partial charge in [-0.05, 0) is 96.6 Å². The van der Waals surface area contributed by atoms with Gasteiger partial charge >= 0.3 is 5.97 Å². The Labute approximate surface area is 246 Å². The van der Waals surface area contributed by atoms with Crippen molar-refractivity contribution in [2.75, 3.05) is 13.7 Å². The van der Waals surface area contributed by atoms with Crippen LogP contribution in [0, 0.1) is 23.6 Å². The third-order valence-electron chi connectivity index (χ3n) is 10.2. The molecule has 3 aromatic rings. The van der Waals surface area contributed by atoms with Crippen LogP contribution in [0.2, 0.25) is 0 Å². The maximum Gasteiger partial charge on any atom is 0.306 e. The van der Waals surface area contributed by atoms with E-state index in [0.29, 0.717) is 23.4 Å². The molecule has 2 aliphatic carbocycles. The molecule has 3 fully saturated rings. The van der Waals surface area contributed by atoms with Gasteiger partial charge in [0, 0.05) is 30.8 Å². The van der Waals surface area contributed by atoms with Crippen molar-refractivity contribution in [2.24, 2.45) is 17.8 Å². The molecule has 42 heavy (non-hydrogen) atoms. The maximum absolute atomic E-state index is 15.1. The van der Waals surface area contributed by atoms with Gasteiger partial charge in [-0.1, -0.05) is 37.3 Å². The Balaban J connectivity index is 1.20. The molecule has 1 saturated heterocycles. The largest absolute Gasteiger partial charge is 0.485 e. The second-order valence-corrected chi connectivity index (χ2v) is 12.9. The van der Waals surface area contributed by atoms with Gasteiger partial charge in [-0.25, -0.2) is 9.37 Å². The van der Waals surface area contributed by atoms with Crippen LogP contribution in [0.1, 0.15) is 79.7 Å². The first-order valence-electron chi connectivity index (χ1n) is 15.5. The summed E-state index contributed by atoms with van der Waals surface area (Å²) in [5.74, 6) is 0.927. The fourth-order valence-corrected chi connectivity index (χ4v) is 7.79. The fraction of sp³-hybridized carbons (Fsp3) is 0.486. The van der Waals surface area contributed by atoms with Gasteiger partial charge in [0.2, 0.25) is 5.88 Å². The number of carbonyl (C=O) groups is 1. The molecule has 3 heterocycles. The molecule has 7 heteroatoms. The molecule has 2 bridgehead atoms. The van der Waals surface area contributed by atoms with E-state index in [1.54, 1.807) is 13.2 Å². The van der Waals surface area contributed by atoms with E-state index in [0.717, 1.165) is 72.7 Å². The summed E-state index contributed by atoms with van der Waals surface area (Å²) in [5.41, 5.74) is 5.80. The van der Waals surface area contributed by atoms with Crippen LogP contribution in [-0.2, 0) is 17.8 Å². The number of aryl methyl sites for hydroxylation is 1. The van der Waals surface area contributed by atoms with Gasteiger partial charge in [0.05, 0.1) is 19.2 Å². The van der Waals surface area contributed by atoms with Crippen LogP contribution in [0.5, 0.6) is 11.6 Å². The number of ether oxygens (including phenoxy) is 2. The first kappa shape index (κ1) is 27.4. The van der Waals surface area contributed by atoms with E-state index in [-0.39, 0.29) is 17.8 Å². The van der Waals surface area contributed by atoms with Gasteiger partial charge in [0.1, 0.15) is 17.7 Å². The van der Waals surface area contributed by atoms with Gasteiger partial charge < -0.3 is 14.6 Å². The number of likely N-dealkylation sites (tertiary alicyclic amines) is 1. The lowest BCUT2D eigenvalue weighted by molar-refractivity contribution is -0.142. The second-order valence-electron chi connectivity index (χ2n) is 12.9. The monoisotopic (exact) mass is 570 g/mol. The molecule has 0 radical (unpaired) electrons. The Kier molecular flexibility index (Phi) is 7.17. The highest BCUT2D eigenvalue weighted by atomic mass is 19.1. The minimum atomic E-state index is -0.745. The number of methoxy groups -OCH3 is 1. The average Bonchev–Trinajstić information content (AvgIpc) is 3.61. The second kappa shape index (κ2) is 11.0. The van der Waals surface area contributed by atoms with E-state index in [1.807, 2.05) is 13.0 Å². The molecule has 1 unspecified atom stereocenters. The minimum absolute atomic E-state index is 0.00528. The van der Waals surface area contributed by atoms with Crippen molar-refractivity contribution in [3.63, 3.8) is 0 Å². The third-order valence-corrected chi connectivity index (χ3v) is 10.2. The SMILES string of the molecule is COc1cc(-c2ccc(C3CCc4ccc([C@H](C5CC5)[C@H](C)C(=O)O)cc4O3)cc2CN2C[C@H]3CC[C@@H]2C3)c(F)cn1. The number of pyridine rings is 1. The van der Waals surface area contributed by atoms with E-state index in [9.17, 15) is 9.90 Å². The highest BCUT2D eigenvalue weighted by Gasteiger charge is 2.40. The third kappa shape index (κ3) is 5.17. The smallest absolute Gasteiger partial charge is 0.306 e. The van der Waals surface area contributed by atoms with Gasteiger partial charge in [0.15, 0.2) is 0 Å². The van der Waals surface area contributed by atoms with Crippen molar-refractivity contribution < 1.29 is 23.8 Å². The Hall–Kier alpha value is -3.45. The van der Waals surface area contributed by atoms with Crippen molar-refractivity contribution >= 4 is 5.97 Å². The number of benzene rings is 2. The number of nitrogens with zero attached hydrogens (tertiary/aromatic N) is 2. The molecular formula is C35H39FN2O4. The fourth-order valence-electron chi connectivity index (χ4n) is 7.79. The number of hydrogen-bond donors (Lipinski definition) is 1. The molecular weight excluding hydrogens is 531 g/mol. The number of piperidine rings is 1. The Bertz CT molecular complexity index is 1500. The van der Waals surface area contributed by atoms with Crippen molar-refractivity contribution in [2.45, 2.75) is 76.5 Å². The molecule has 220 valence electrons. The van der Waals surface area contributed by atoms with Crippen molar-refractivity contribution in [3.8, 4) is 22.8 Å². The van der Waals surface area contributed by atoms with Crippen molar-refractivity contribution in [1.29, 1.82) is 0 Å². The number of aliphatic carboxylic acids is 1. The molecule has 6 nitrogen and oxygen atoms in total. The van der Waals surface area contributed by atoms with E-state index in [2.05, 4.69) is 40.2 Å². The van der Waals surface area contributed by atoms with E-state index >= 15 is 4.39 Å². The van der Waals surface area contributed by atoms with Gasteiger partial charge in [0.25, 0.3) is 0 Å². The molecule has 1 N–H and O–H groups in total. The predicted molar refractivity (Wildman–Crippen MR) is 158 cm³/mol. The molecule has 2 saturated carbocycles. The molecule has 0 amide bonds. The van der Waals surface area contributed by atoms with Crippen LogP contribution in [0.15, 0.2) is 48.7 Å². The number of fused-ring (bicyclic) bond motifs is 3. The molecule has 1 aromatic heterocycles. The lowest BCUT2D eigenvalue weighted by Crippen LogP contribution is -2.31. The first-order chi connectivity index (χ1) is 20.4. The standard InChI is InChI=1S/C35H39FN2O4/c1-20(35(39)40)34(23-5-6-23)25-7-4-22-9-12-31(42-32(22)15-25)24-8-11-28(29-16-33(41-2)37-17-30(29)36)26(14-24)19-38-18-21-3-10-27(38)13-21/h4,7-8,11,14-17,20-21,23,27,31,34H,3,5-6,9-10,12-13,18-19H2,1-2H3,(H,39,40)/t20-,21-,27+,31?,34-/m0/s1. The highest BCUT2D eigenvalue weighted by Crippen LogP contribution is 2.48. The Morgan fingerprint density at radius 3 is 2.69 bits per heavy atom. The quantitative estimate of drug-likeness (QED) is 0.294. The topological polar surface area (TPSA) is 71.9 Å². The average molecular weight is 571 g/mol. The lowest BCUT2D eigenvalue weighted by atomic mass is 9.82. The van der Waals surface area contributed by atoms with Crippen LogP contribution in [0.3, 0.4) is 0 Å². The Morgan fingerprint density at radius 1 is 1.12 bits per heavy atom. The van der Waals surface area contributed by atoms with Crippen LogP contribution in [0.4, 0.5) is 4.39 Å². The molecule has 2 aromatic carbocycles. The number of rotatable bonds is 9. The van der Waals surface area contributed by atoms with Crippen LogP contribution in [-0.4, -0.2) is 40.7 Å². The first-order valence-corrected chi connectivity index (χ1v) is 15.5. The van der Waals surface area contributed by atoms with Crippen LogP contribution < -0.4 is 9.47 Å². The van der Waals surface area contributed by atoms with Crippen LogP contribution >= 0.6 is 0 Å². The van der Waals surface area contributed by atoms with Gasteiger partial charge in [-0.3, -0.25) is 9.69 Å². The van der Waals surface area contributed by atoms with E-state index < -0.39 is 11.9 Å². The highest BCUT2D eigenvalue weighted by molar-refractivity contribution is 5.71. The van der Waals surface area contributed by atoms with E-state index in [4.69, 9.17) is 9.47 Å². The number of aromatic nitrogens is 1. The van der Waals surface area contributed by atoms with Gasteiger partial charge in [-0.2, -0.15) is 0 Å². The zero-order valence-corrected chi connectivity index (χ0v) is 24.4. The summed E-state index contributed by atoms with van der Waals surface area (Å²) in [7, 11) is 1.55. The lowest BCUT2D eigenvalue weighted by Gasteiger charge is -2.30. The van der Waals surface area contributed by atoms with E-state index in [1.165, 1.54) is 31.0 Å². The summed E-state index contributed by atoms with van der Waals surface area (Å²) in [5, 5.41) is 9.76. The molecule has 0 spiro atoms. The van der Waals surface area contributed by atoms with Gasteiger partial charge in [-0.15, -0.1) is 0 Å². The summed E-state index contributed by atoms with van der Waals surface area (Å²) in [4.78, 5) is 18.5. The molecule has 4 aliphatic rings. The number of carboxylic acid groups (broad SMARTS) is 1. The normalized spacial score (nSPS) is 24.6. The summed E-state index contributed by atoms with van der Waals surface area (Å²) < 4.78 is 27.1. The number of hydrogen-bond acceptors (Lipinski definition) is 5. The zero-order valence-electron chi connectivity index (χ0n) is 24.4. The van der Waals surface area contributed by atoms with Crippen molar-refractivity contribution in [1.82, 2.24) is 9.88 Å². The zero-order chi connectivity index (χ0) is 29.0. The summed E-state index contributed by atoms with van der Waals surface area (Å²) >= 11 is 0. The minimum Gasteiger partial charge on any atom is -0.485 e. The Morgan fingerprint density at radius 2 is 1.98 bits per heavy atom. The summed E-state index contributed by atoms with van der Waals surface area (Å²) in [6.07, 6.45) is 8.85. The maximum atomic E-state index is 15.1. The van der Waals surface area contributed by atoms with Crippen LogP contribution in [0.25, 0.3) is 11.1 Å². The predicted octanol–water partition coefficient (Wildman–Crippen LogP) is 7.16. The molecule has 2 aliphatic heterocycles. The molecule has 7 rings (SSSR count). The van der Waals surface area contributed by atoms with Crippen molar-refractivity contribution in [3.05, 3.63) is 76.7 Å². The number of carboxylic acids is 1. The summed E-state index contributed by atoms with van der Waals surface area (Å²) in [6.45, 7) is 3.70. The summed E-state index contributed by atoms with van der Waals surface area (Å²) in [6, 6.07) is 14.9.